The molecule has 2 saturated heterocycles. The molecule has 3 aliphatic rings. The van der Waals surface area contributed by atoms with Crippen LogP contribution in [-0.4, -0.2) is 36.6 Å². The first-order chi connectivity index (χ1) is 9.27. The van der Waals surface area contributed by atoms with E-state index in [1.54, 1.807) is 0 Å². The van der Waals surface area contributed by atoms with Crippen LogP contribution in [0.5, 0.6) is 0 Å². The number of amides is 1. The van der Waals surface area contributed by atoms with E-state index in [4.69, 9.17) is 10.00 Å². The van der Waals surface area contributed by atoms with Crippen molar-refractivity contribution in [2.24, 2.45) is 11.3 Å². The van der Waals surface area contributed by atoms with Crippen molar-refractivity contribution in [3.8, 4) is 6.07 Å². The molecule has 1 atom stereocenters. The molecule has 0 radical (unpaired) electrons. The van der Waals surface area contributed by atoms with Crippen molar-refractivity contribution >= 4 is 5.91 Å². The van der Waals surface area contributed by atoms with Crippen LogP contribution in [0.3, 0.4) is 0 Å². The molecule has 3 fully saturated rings. The number of nitrogens with zero attached hydrogens (tertiary/aromatic N) is 2. The SMILES string of the molecule is N#CCCCC(=O)N1CC2(CCOCC2)C1C1CC1. The molecule has 0 N–H and O–H groups in total. The fraction of sp³-hybridized carbons (Fsp3) is 0.867. The highest BCUT2D eigenvalue weighted by molar-refractivity contribution is 5.78. The molecular weight excluding hydrogens is 240 g/mol. The van der Waals surface area contributed by atoms with Gasteiger partial charge in [0.2, 0.25) is 5.91 Å². The molecule has 3 rings (SSSR count). The van der Waals surface area contributed by atoms with Gasteiger partial charge in [0.15, 0.2) is 0 Å². The fourth-order valence-electron chi connectivity index (χ4n) is 3.85. The van der Waals surface area contributed by atoms with Gasteiger partial charge in [-0.2, -0.15) is 5.26 Å². The summed E-state index contributed by atoms with van der Waals surface area (Å²) in [5.41, 5.74) is 0.365. The number of carbonyl (C=O) groups excluding carboxylic acids is 1. The minimum atomic E-state index is 0.268. The smallest absolute Gasteiger partial charge is 0.222 e. The summed E-state index contributed by atoms with van der Waals surface area (Å²) in [6.45, 7) is 2.66. The lowest BCUT2D eigenvalue weighted by Gasteiger charge is -2.59. The Morgan fingerprint density at radius 1 is 1.37 bits per heavy atom. The Hall–Kier alpha value is -1.08. The maximum absolute atomic E-state index is 12.3. The van der Waals surface area contributed by atoms with Gasteiger partial charge in [-0.1, -0.05) is 0 Å². The van der Waals surface area contributed by atoms with Gasteiger partial charge in [0.1, 0.15) is 0 Å². The highest BCUT2D eigenvalue weighted by atomic mass is 16.5. The molecule has 0 aromatic carbocycles. The van der Waals surface area contributed by atoms with Crippen LogP contribution in [0.15, 0.2) is 0 Å². The quantitative estimate of drug-likeness (QED) is 0.729. The highest BCUT2D eigenvalue weighted by Gasteiger charge is 2.59. The lowest BCUT2D eigenvalue weighted by molar-refractivity contribution is -0.171. The maximum atomic E-state index is 12.3. The van der Waals surface area contributed by atoms with Crippen LogP contribution in [0.2, 0.25) is 0 Å². The van der Waals surface area contributed by atoms with Crippen molar-refractivity contribution in [2.45, 2.75) is 51.0 Å². The Kier molecular flexibility index (Phi) is 3.49. The molecule has 104 valence electrons. The van der Waals surface area contributed by atoms with E-state index in [1.807, 2.05) is 0 Å². The zero-order valence-corrected chi connectivity index (χ0v) is 11.4. The van der Waals surface area contributed by atoms with E-state index < -0.39 is 0 Å². The predicted octanol–water partition coefficient (Wildman–Crippen LogP) is 2.10. The molecule has 0 aromatic heterocycles. The molecule has 4 heteroatoms. The van der Waals surface area contributed by atoms with Crippen LogP contribution in [0.25, 0.3) is 0 Å². The van der Waals surface area contributed by atoms with E-state index in [-0.39, 0.29) is 5.91 Å². The summed E-state index contributed by atoms with van der Waals surface area (Å²) in [7, 11) is 0. The molecular formula is C15H22N2O2. The third kappa shape index (κ3) is 2.36. The van der Waals surface area contributed by atoms with Gasteiger partial charge in [-0.15, -0.1) is 0 Å². The number of carbonyl (C=O) groups is 1. The average Bonchev–Trinajstić information content (AvgIpc) is 3.22. The summed E-state index contributed by atoms with van der Waals surface area (Å²) >= 11 is 0. The first-order valence-corrected chi connectivity index (χ1v) is 7.51. The molecule has 0 aromatic rings. The van der Waals surface area contributed by atoms with Crippen LogP contribution >= 0.6 is 0 Å². The van der Waals surface area contributed by atoms with Crippen molar-refractivity contribution in [1.29, 1.82) is 5.26 Å². The highest BCUT2D eigenvalue weighted by Crippen LogP contribution is 2.55. The number of unbranched alkanes of at least 4 members (excludes halogenated alkanes) is 1. The van der Waals surface area contributed by atoms with Crippen LogP contribution in [0, 0.1) is 22.7 Å². The first-order valence-electron chi connectivity index (χ1n) is 7.51. The van der Waals surface area contributed by atoms with Gasteiger partial charge >= 0.3 is 0 Å². The van der Waals surface area contributed by atoms with Gasteiger partial charge in [-0.25, -0.2) is 0 Å². The molecule has 0 bridgehead atoms. The second kappa shape index (κ2) is 5.13. The van der Waals surface area contributed by atoms with Gasteiger partial charge < -0.3 is 9.64 Å². The third-order valence-corrected chi connectivity index (χ3v) is 5.01. The van der Waals surface area contributed by atoms with Crippen LogP contribution in [0.4, 0.5) is 0 Å². The molecule has 19 heavy (non-hydrogen) atoms. The molecule has 1 spiro atoms. The molecule has 1 unspecified atom stereocenters. The average molecular weight is 262 g/mol. The van der Waals surface area contributed by atoms with Gasteiger partial charge in [-0.05, 0) is 38.0 Å². The Morgan fingerprint density at radius 3 is 2.74 bits per heavy atom. The van der Waals surface area contributed by atoms with Gasteiger partial charge in [0, 0.05) is 44.1 Å². The number of hydrogen-bond donors (Lipinski definition) is 0. The van der Waals surface area contributed by atoms with Crippen LogP contribution in [0.1, 0.15) is 44.9 Å². The zero-order chi connectivity index (χ0) is 13.3. The Labute approximate surface area is 114 Å². The summed E-state index contributed by atoms with van der Waals surface area (Å²) in [6.07, 6.45) is 6.56. The number of likely N-dealkylation sites (tertiary alicyclic amines) is 1. The first kappa shape index (κ1) is 12.9. The molecule has 1 aliphatic carbocycles. The van der Waals surface area contributed by atoms with Crippen molar-refractivity contribution < 1.29 is 9.53 Å². The van der Waals surface area contributed by atoms with Crippen molar-refractivity contribution in [2.75, 3.05) is 19.8 Å². The minimum Gasteiger partial charge on any atom is -0.381 e. The Balaban J connectivity index is 1.61. The lowest BCUT2D eigenvalue weighted by Crippen LogP contribution is -2.68. The topological polar surface area (TPSA) is 53.3 Å². The van der Waals surface area contributed by atoms with Crippen molar-refractivity contribution in [3.63, 3.8) is 0 Å². The molecule has 4 nitrogen and oxygen atoms in total. The van der Waals surface area contributed by atoms with Crippen molar-refractivity contribution in [3.05, 3.63) is 0 Å². The number of rotatable bonds is 4. The largest absolute Gasteiger partial charge is 0.381 e. The minimum absolute atomic E-state index is 0.268. The van der Waals surface area contributed by atoms with E-state index in [0.29, 0.717) is 30.7 Å². The summed E-state index contributed by atoms with van der Waals surface area (Å²) in [4.78, 5) is 14.4. The van der Waals surface area contributed by atoms with Crippen LogP contribution < -0.4 is 0 Å². The summed E-state index contributed by atoms with van der Waals surface area (Å²) < 4.78 is 5.48. The molecule has 2 aliphatic heterocycles. The van der Waals surface area contributed by atoms with Crippen molar-refractivity contribution in [1.82, 2.24) is 4.90 Å². The number of nitriles is 1. The van der Waals surface area contributed by atoms with Crippen LogP contribution in [-0.2, 0) is 9.53 Å². The van der Waals surface area contributed by atoms with E-state index in [2.05, 4.69) is 11.0 Å². The van der Waals surface area contributed by atoms with Gasteiger partial charge in [0.25, 0.3) is 0 Å². The summed E-state index contributed by atoms with van der Waals surface area (Å²) in [6, 6.07) is 2.59. The van der Waals surface area contributed by atoms with E-state index in [0.717, 1.165) is 38.5 Å². The molecule has 1 amide bonds. The maximum Gasteiger partial charge on any atom is 0.222 e. The molecule has 2 heterocycles. The van der Waals surface area contributed by atoms with E-state index in [9.17, 15) is 4.79 Å². The predicted molar refractivity (Wildman–Crippen MR) is 70.2 cm³/mol. The monoisotopic (exact) mass is 262 g/mol. The zero-order valence-electron chi connectivity index (χ0n) is 11.4. The summed E-state index contributed by atoms with van der Waals surface area (Å²) in [5, 5.41) is 8.55. The fourth-order valence-corrected chi connectivity index (χ4v) is 3.85. The summed E-state index contributed by atoms with van der Waals surface area (Å²) in [5.74, 6) is 1.01. The second-order valence-electron chi connectivity index (χ2n) is 6.29. The lowest BCUT2D eigenvalue weighted by atomic mass is 9.64. The second-order valence-corrected chi connectivity index (χ2v) is 6.29. The van der Waals surface area contributed by atoms with Gasteiger partial charge in [-0.3, -0.25) is 4.79 Å². The Morgan fingerprint density at radius 2 is 2.11 bits per heavy atom. The molecule has 1 saturated carbocycles. The number of ether oxygens (including phenoxy) is 1. The number of hydrogen-bond acceptors (Lipinski definition) is 3. The van der Waals surface area contributed by atoms with E-state index in [1.165, 1.54) is 12.8 Å². The van der Waals surface area contributed by atoms with Gasteiger partial charge in [0.05, 0.1) is 6.07 Å². The van der Waals surface area contributed by atoms with E-state index >= 15 is 0 Å². The normalized spacial score (nSPS) is 28.8. The standard InChI is InChI=1S/C15H22N2O2/c16-8-2-1-3-13(18)17-11-15(6-9-19-10-7-15)14(17)12-4-5-12/h12,14H,1-7,9-11H2. The third-order valence-electron chi connectivity index (χ3n) is 5.01. The Bertz CT molecular complexity index is 391.